The van der Waals surface area contributed by atoms with E-state index < -0.39 is 5.92 Å². The SMILES string of the molecule is CC(C)[C@@H]1CC(F)(F)CN1C(C)C.CC(C)[C@@H]1CC2(CC2)CN1C(C)C.CC(C)[C@@H]1CCCN1C(C)C.CC(C)[C@@H]1COCCN1C(C)C.CC(C)[C@@H]1CSCCN1C(C)C. The Kier molecular flexibility index (Phi) is 24.7. The van der Waals surface area contributed by atoms with Crippen LogP contribution in [-0.2, 0) is 4.74 Å². The van der Waals surface area contributed by atoms with E-state index in [-0.39, 0.29) is 25.0 Å². The van der Waals surface area contributed by atoms with Gasteiger partial charge in [-0.05, 0) is 143 Å². The van der Waals surface area contributed by atoms with Crippen LogP contribution in [0.2, 0.25) is 0 Å². The zero-order valence-corrected chi connectivity index (χ0v) is 44.9. The molecule has 5 aliphatic heterocycles. The summed E-state index contributed by atoms with van der Waals surface area (Å²) in [6, 6.07) is 6.28. The van der Waals surface area contributed by atoms with Crippen LogP contribution in [0.5, 0.6) is 0 Å². The standard InChI is InChI=1S/C12H23N.C10H19F2N.C10H21NO.C10H21NS.C10H21N/c1-9(2)11-7-12(5-6-12)8-13(11)10(3)4;1-7(2)9-5-10(11,12)6-13(9)8(3)4;2*1-8(2)10-7-12-6-5-11(10)9(3)4;1-8(2)10-6-5-7-11(10)9(3)4/h9-11H,5-8H2,1-4H3;7-9H,5-6H2,1-4H3;2*8-10H,5-7H2,1-4H3;8-10H,5-7H2,1-4H3/t11-;9-;3*10-/m00000/s1. The summed E-state index contributed by atoms with van der Waals surface area (Å²) in [6.45, 7) is 51.9. The van der Waals surface area contributed by atoms with Gasteiger partial charge in [0.15, 0.2) is 0 Å². The van der Waals surface area contributed by atoms with E-state index in [2.05, 4.69) is 142 Å². The minimum absolute atomic E-state index is 0.0306. The fraction of sp³-hybridized carbons (Fsp3) is 1.00. The molecule has 0 radical (unpaired) electrons. The number of halogens is 2. The van der Waals surface area contributed by atoms with E-state index in [1.807, 2.05) is 32.6 Å². The zero-order valence-electron chi connectivity index (χ0n) is 44.1. The highest BCUT2D eigenvalue weighted by atomic mass is 32.2. The van der Waals surface area contributed by atoms with E-state index in [4.69, 9.17) is 4.74 Å². The number of alkyl halides is 2. The quantitative estimate of drug-likeness (QED) is 0.216. The molecule has 5 saturated heterocycles. The number of hydrogen-bond donors (Lipinski definition) is 0. The van der Waals surface area contributed by atoms with Gasteiger partial charge in [-0.1, -0.05) is 69.2 Å². The van der Waals surface area contributed by atoms with Crippen LogP contribution in [0, 0.1) is 35.0 Å². The largest absolute Gasteiger partial charge is 0.378 e. The number of likely N-dealkylation sites (tertiary alicyclic amines) is 3. The summed E-state index contributed by atoms with van der Waals surface area (Å²) >= 11 is 2.11. The predicted octanol–water partition coefficient (Wildman–Crippen LogP) is 12.4. The van der Waals surface area contributed by atoms with Gasteiger partial charge in [-0.2, -0.15) is 11.8 Å². The third kappa shape index (κ3) is 18.3. The average Bonchev–Trinajstić information content (AvgIpc) is 3.47. The maximum atomic E-state index is 13.1. The van der Waals surface area contributed by atoms with Crippen molar-refractivity contribution in [1.82, 2.24) is 24.5 Å². The van der Waals surface area contributed by atoms with Crippen LogP contribution in [0.1, 0.15) is 177 Å². The van der Waals surface area contributed by atoms with Crippen molar-refractivity contribution >= 4 is 11.8 Å². The average molecular weight is 887 g/mol. The molecule has 0 bridgehead atoms. The van der Waals surface area contributed by atoms with Gasteiger partial charge in [0.1, 0.15) is 0 Å². The number of rotatable bonds is 10. The van der Waals surface area contributed by atoms with Crippen molar-refractivity contribution in [3.63, 3.8) is 0 Å². The number of morpholine rings is 1. The summed E-state index contributed by atoms with van der Waals surface area (Å²) in [4.78, 5) is 12.5. The lowest BCUT2D eigenvalue weighted by molar-refractivity contribution is -0.0386. The molecule has 0 aromatic carbocycles. The Morgan fingerprint density at radius 2 is 0.902 bits per heavy atom. The zero-order chi connectivity index (χ0) is 46.6. The van der Waals surface area contributed by atoms with E-state index in [0.29, 0.717) is 23.9 Å². The Balaban J connectivity index is 0.000000263. The van der Waals surface area contributed by atoms with Crippen molar-refractivity contribution in [3.8, 4) is 0 Å². The first kappa shape index (κ1) is 57.1. The Morgan fingerprint density at radius 3 is 1.26 bits per heavy atom. The Labute approximate surface area is 384 Å². The molecule has 0 N–H and O–H groups in total. The Hall–Kier alpha value is -0.0300. The molecule has 5 atom stereocenters. The van der Waals surface area contributed by atoms with Gasteiger partial charge in [-0.3, -0.25) is 24.5 Å². The summed E-state index contributed by atoms with van der Waals surface area (Å²) in [7, 11) is 0. The predicted molar refractivity (Wildman–Crippen MR) is 266 cm³/mol. The summed E-state index contributed by atoms with van der Waals surface area (Å²) in [5, 5.41) is 0. The summed E-state index contributed by atoms with van der Waals surface area (Å²) in [5.74, 6) is 3.67. The molecule has 0 unspecified atom stereocenters. The molecule has 1 saturated carbocycles. The number of ether oxygens (including phenoxy) is 1. The molecule has 364 valence electrons. The van der Waals surface area contributed by atoms with Crippen LogP contribution < -0.4 is 0 Å². The van der Waals surface area contributed by atoms with Crippen LogP contribution in [0.3, 0.4) is 0 Å². The Bertz CT molecular complexity index is 1030. The molecule has 1 aliphatic carbocycles. The van der Waals surface area contributed by atoms with Gasteiger partial charge in [-0.15, -0.1) is 0 Å². The lowest BCUT2D eigenvalue weighted by atomic mass is 9.96. The smallest absolute Gasteiger partial charge is 0.262 e. The van der Waals surface area contributed by atoms with E-state index in [1.54, 1.807) is 0 Å². The molecular formula is C52H105F2N5OS. The summed E-state index contributed by atoms with van der Waals surface area (Å²) < 4.78 is 31.7. The van der Waals surface area contributed by atoms with Crippen molar-refractivity contribution in [3.05, 3.63) is 0 Å². The third-order valence-corrected chi connectivity index (χ3v) is 15.9. The lowest BCUT2D eigenvalue weighted by Crippen LogP contribution is -2.51. The number of nitrogens with zero attached hydrogens (tertiary/aromatic N) is 5. The first-order valence-corrected chi connectivity index (χ1v) is 26.7. The van der Waals surface area contributed by atoms with Gasteiger partial charge in [0.05, 0.1) is 19.8 Å². The van der Waals surface area contributed by atoms with Crippen molar-refractivity contribution in [2.75, 3.05) is 57.4 Å². The van der Waals surface area contributed by atoms with Crippen molar-refractivity contribution < 1.29 is 13.5 Å². The fourth-order valence-corrected chi connectivity index (χ4v) is 12.1. The fourth-order valence-electron chi connectivity index (χ4n) is 10.8. The molecule has 0 aromatic heterocycles. The monoisotopic (exact) mass is 886 g/mol. The summed E-state index contributed by atoms with van der Waals surface area (Å²) in [5.41, 5.74) is 0.777. The van der Waals surface area contributed by atoms with Crippen LogP contribution >= 0.6 is 11.8 Å². The topological polar surface area (TPSA) is 25.4 Å². The van der Waals surface area contributed by atoms with Crippen LogP contribution in [0.15, 0.2) is 0 Å². The molecule has 6 rings (SSSR count). The van der Waals surface area contributed by atoms with E-state index >= 15 is 0 Å². The second-order valence-corrected chi connectivity index (χ2v) is 24.3. The highest BCUT2D eigenvalue weighted by molar-refractivity contribution is 7.99. The van der Waals surface area contributed by atoms with Gasteiger partial charge < -0.3 is 4.74 Å². The van der Waals surface area contributed by atoms with Crippen molar-refractivity contribution in [2.45, 2.75) is 243 Å². The first-order chi connectivity index (χ1) is 28.3. The Morgan fingerprint density at radius 1 is 0.475 bits per heavy atom. The first-order valence-electron chi connectivity index (χ1n) is 25.6. The molecule has 0 amide bonds. The molecule has 1 spiro atoms. The maximum Gasteiger partial charge on any atom is 0.262 e. The molecular weight excluding hydrogens is 781 g/mol. The van der Waals surface area contributed by atoms with Gasteiger partial charge >= 0.3 is 0 Å². The molecule has 6 aliphatic rings. The molecule has 61 heavy (non-hydrogen) atoms. The van der Waals surface area contributed by atoms with Crippen molar-refractivity contribution in [2.24, 2.45) is 35.0 Å². The van der Waals surface area contributed by atoms with E-state index in [1.165, 1.54) is 63.2 Å². The van der Waals surface area contributed by atoms with Gasteiger partial charge in [0, 0.05) is 98.0 Å². The highest BCUT2D eigenvalue weighted by Gasteiger charge is 2.52. The number of hydrogen-bond acceptors (Lipinski definition) is 7. The highest BCUT2D eigenvalue weighted by Crippen LogP contribution is 2.56. The molecule has 5 heterocycles. The normalized spacial score (nSPS) is 28.6. The van der Waals surface area contributed by atoms with Gasteiger partial charge in [0.25, 0.3) is 5.92 Å². The third-order valence-electron chi connectivity index (χ3n) is 14.8. The van der Waals surface area contributed by atoms with Gasteiger partial charge in [-0.25, -0.2) is 8.78 Å². The van der Waals surface area contributed by atoms with Crippen LogP contribution in [0.4, 0.5) is 8.78 Å². The minimum Gasteiger partial charge on any atom is -0.378 e. The van der Waals surface area contributed by atoms with Gasteiger partial charge in [0.2, 0.25) is 0 Å². The minimum atomic E-state index is -2.47. The molecule has 6 nitrogen and oxygen atoms in total. The van der Waals surface area contributed by atoms with Crippen LogP contribution in [-0.4, -0.2) is 148 Å². The second-order valence-electron chi connectivity index (χ2n) is 23.1. The lowest BCUT2D eigenvalue weighted by Gasteiger charge is -2.40. The molecule has 9 heteroatoms. The second kappa shape index (κ2) is 26.3. The van der Waals surface area contributed by atoms with E-state index in [0.717, 1.165) is 79.2 Å². The number of thioether (sulfide) groups is 1. The maximum absolute atomic E-state index is 13.1. The molecule has 6 fully saturated rings. The van der Waals surface area contributed by atoms with Crippen LogP contribution in [0.25, 0.3) is 0 Å². The van der Waals surface area contributed by atoms with Crippen molar-refractivity contribution in [1.29, 1.82) is 0 Å². The molecule has 0 aromatic rings. The summed E-state index contributed by atoms with van der Waals surface area (Å²) in [6.07, 6.45) is 7.32. The van der Waals surface area contributed by atoms with E-state index in [9.17, 15) is 8.78 Å².